The molecule has 0 aliphatic heterocycles. The van der Waals surface area contributed by atoms with Gasteiger partial charge < -0.3 is 4.74 Å². The summed E-state index contributed by atoms with van der Waals surface area (Å²) in [5.41, 5.74) is 5.53. The van der Waals surface area contributed by atoms with Crippen molar-refractivity contribution in [2.75, 3.05) is 17.1 Å². The molecule has 0 aliphatic carbocycles. The lowest BCUT2D eigenvalue weighted by Gasteiger charge is -2.21. The summed E-state index contributed by atoms with van der Waals surface area (Å²) in [7, 11) is -3.71. The molecule has 7 nitrogen and oxygen atoms in total. The number of benzene rings is 3. The van der Waals surface area contributed by atoms with E-state index in [9.17, 15) is 13.2 Å². The Labute approximate surface area is 207 Å². The van der Waals surface area contributed by atoms with Crippen LogP contribution in [0.25, 0.3) is 0 Å². The highest BCUT2D eigenvalue weighted by atomic mass is 32.2. The third kappa shape index (κ3) is 7.42. The molecule has 3 rings (SSSR count). The van der Waals surface area contributed by atoms with E-state index in [0.29, 0.717) is 22.9 Å². The molecule has 0 aliphatic rings. The number of anilines is 1. The Kier molecular flexibility index (Phi) is 7.96. The lowest BCUT2D eigenvalue weighted by Crippen LogP contribution is -2.39. The SMILES string of the molecule is CC(=NNC(=O)CN(c1ccc(Oc2ccccc2)cc1)S(C)(=O)=O)c1ccc(C(C)(C)C)cc1. The van der Waals surface area contributed by atoms with E-state index in [2.05, 4.69) is 31.3 Å². The highest BCUT2D eigenvalue weighted by Crippen LogP contribution is 2.25. The number of hydrazone groups is 1. The van der Waals surface area contributed by atoms with Gasteiger partial charge in [0, 0.05) is 0 Å². The molecule has 0 saturated heterocycles. The van der Waals surface area contributed by atoms with Gasteiger partial charge in [-0.2, -0.15) is 5.10 Å². The lowest BCUT2D eigenvalue weighted by molar-refractivity contribution is -0.119. The van der Waals surface area contributed by atoms with Crippen LogP contribution in [0.1, 0.15) is 38.8 Å². The fraction of sp³-hybridized carbons (Fsp3) is 0.259. The largest absolute Gasteiger partial charge is 0.457 e. The molecule has 0 atom stereocenters. The molecule has 184 valence electrons. The van der Waals surface area contributed by atoms with Crippen LogP contribution in [0.3, 0.4) is 0 Å². The topological polar surface area (TPSA) is 88.1 Å². The van der Waals surface area contributed by atoms with Gasteiger partial charge in [0.05, 0.1) is 17.7 Å². The normalized spacial score (nSPS) is 12.2. The van der Waals surface area contributed by atoms with E-state index in [1.807, 2.05) is 54.6 Å². The van der Waals surface area contributed by atoms with Crippen LogP contribution in [0.5, 0.6) is 11.5 Å². The van der Waals surface area contributed by atoms with Crippen LogP contribution in [-0.2, 0) is 20.2 Å². The first-order valence-electron chi connectivity index (χ1n) is 11.2. The van der Waals surface area contributed by atoms with Gasteiger partial charge in [-0.05, 0) is 59.9 Å². The number of hydrogen-bond donors (Lipinski definition) is 1. The van der Waals surface area contributed by atoms with Gasteiger partial charge in [0.1, 0.15) is 18.0 Å². The fourth-order valence-electron chi connectivity index (χ4n) is 3.29. The molecule has 1 amide bonds. The summed E-state index contributed by atoms with van der Waals surface area (Å²) in [6.07, 6.45) is 1.06. The minimum atomic E-state index is -3.71. The summed E-state index contributed by atoms with van der Waals surface area (Å²) < 4.78 is 31.6. The number of carbonyl (C=O) groups is 1. The Morgan fingerprint density at radius 2 is 1.49 bits per heavy atom. The second kappa shape index (κ2) is 10.7. The fourth-order valence-corrected chi connectivity index (χ4v) is 4.15. The average molecular weight is 494 g/mol. The van der Waals surface area contributed by atoms with Crippen molar-refractivity contribution in [3.63, 3.8) is 0 Å². The number of sulfonamides is 1. The molecule has 0 fully saturated rings. The van der Waals surface area contributed by atoms with Crippen molar-refractivity contribution in [3.05, 3.63) is 90.0 Å². The molecule has 3 aromatic rings. The van der Waals surface area contributed by atoms with Gasteiger partial charge in [-0.15, -0.1) is 0 Å². The number of carbonyl (C=O) groups excluding carboxylic acids is 1. The number of ether oxygens (including phenoxy) is 1. The molecule has 0 radical (unpaired) electrons. The van der Waals surface area contributed by atoms with Crippen molar-refractivity contribution in [1.29, 1.82) is 0 Å². The summed E-state index contributed by atoms with van der Waals surface area (Å²) in [6, 6.07) is 23.7. The highest BCUT2D eigenvalue weighted by Gasteiger charge is 2.21. The van der Waals surface area contributed by atoms with Gasteiger partial charge in [0.2, 0.25) is 10.0 Å². The molecule has 35 heavy (non-hydrogen) atoms. The van der Waals surface area contributed by atoms with E-state index in [1.165, 1.54) is 5.56 Å². The number of rotatable bonds is 8. The minimum absolute atomic E-state index is 0.0404. The zero-order chi connectivity index (χ0) is 25.6. The zero-order valence-electron chi connectivity index (χ0n) is 20.6. The van der Waals surface area contributed by atoms with Crippen molar-refractivity contribution in [2.45, 2.75) is 33.1 Å². The first-order chi connectivity index (χ1) is 16.4. The monoisotopic (exact) mass is 493 g/mol. The van der Waals surface area contributed by atoms with Gasteiger partial charge in [-0.1, -0.05) is 63.2 Å². The molecule has 0 saturated carbocycles. The molecular weight excluding hydrogens is 462 g/mol. The van der Waals surface area contributed by atoms with Gasteiger partial charge in [-0.25, -0.2) is 13.8 Å². The summed E-state index contributed by atoms with van der Waals surface area (Å²) in [4.78, 5) is 12.6. The number of nitrogens with zero attached hydrogens (tertiary/aromatic N) is 2. The van der Waals surface area contributed by atoms with Crippen LogP contribution >= 0.6 is 0 Å². The van der Waals surface area contributed by atoms with E-state index < -0.39 is 22.5 Å². The zero-order valence-corrected chi connectivity index (χ0v) is 21.5. The average Bonchev–Trinajstić information content (AvgIpc) is 2.81. The maximum atomic E-state index is 12.6. The van der Waals surface area contributed by atoms with Gasteiger partial charge in [0.25, 0.3) is 5.91 Å². The Balaban J connectivity index is 1.68. The van der Waals surface area contributed by atoms with Crippen LogP contribution in [0, 0.1) is 0 Å². The van der Waals surface area contributed by atoms with E-state index >= 15 is 0 Å². The minimum Gasteiger partial charge on any atom is -0.457 e. The van der Waals surface area contributed by atoms with E-state index in [4.69, 9.17) is 4.74 Å². The van der Waals surface area contributed by atoms with Crippen LogP contribution in [-0.4, -0.2) is 32.8 Å². The van der Waals surface area contributed by atoms with Gasteiger partial charge in [-0.3, -0.25) is 9.10 Å². The van der Waals surface area contributed by atoms with Gasteiger partial charge in [0.15, 0.2) is 0 Å². The third-order valence-electron chi connectivity index (χ3n) is 5.31. The van der Waals surface area contributed by atoms with Crippen LogP contribution in [0.2, 0.25) is 0 Å². The van der Waals surface area contributed by atoms with E-state index in [0.717, 1.165) is 16.1 Å². The van der Waals surface area contributed by atoms with Crippen LogP contribution < -0.4 is 14.5 Å². The van der Waals surface area contributed by atoms with Crippen molar-refractivity contribution in [3.8, 4) is 11.5 Å². The molecule has 0 unspecified atom stereocenters. The van der Waals surface area contributed by atoms with Gasteiger partial charge >= 0.3 is 0 Å². The highest BCUT2D eigenvalue weighted by molar-refractivity contribution is 7.92. The Morgan fingerprint density at radius 3 is 2.03 bits per heavy atom. The van der Waals surface area contributed by atoms with Crippen LogP contribution in [0.4, 0.5) is 5.69 Å². The predicted octanol–water partition coefficient (Wildman–Crippen LogP) is 5.08. The van der Waals surface area contributed by atoms with Crippen molar-refractivity contribution in [1.82, 2.24) is 5.43 Å². The standard InChI is InChI=1S/C27H31N3O4S/c1-20(21-11-13-22(14-12-21)27(2,3)4)28-29-26(31)19-30(35(5,32)33)23-15-17-25(18-16-23)34-24-9-7-6-8-10-24/h6-18H,19H2,1-5H3,(H,29,31). The van der Waals surface area contributed by atoms with Crippen molar-refractivity contribution >= 4 is 27.3 Å². The first-order valence-corrected chi connectivity index (χ1v) is 13.0. The molecule has 8 heteroatoms. The maximum absolute atomic E-state index is 12.6. The Morgan fingerprint density at radius 1 is 0.914 bits per heavy atom. The molecule has 1 N–H and O–H groups in total. The maximum Gasteiger partial charge on any atom is 0.260 e. The summed E-state index contributed by atoms with van der Waals surface area (Å²) in [5.74, 6) is 0.669. The third-order valence-corrected chi connectivity index (χ3v) is 6.45. The predicted molar refractivity (Wildman–Crippen MR) is 141 cm³/mol. The number of hydrogen-bond acceptors (Lipinski definition) is 5. The van der Waals surface area contributed by atoms with E-state index in [1.54, 1.807) is 31.2 Å². The number of para-hydroxylation sites is 1. The Hall–Kier alpha value is -3.65. The van der Waals surface area contributed by atoms with Crippen molar-refractivity contribution in [2.24, 2.45) is 5.10 Å². The molecule has 0 bridgehead atoms. The molecule has 3 aromatic carbocycles. The summed E-state index contributed by atoms with van der Waals surface area (Å²) in [5, 5.41) is 4.15. The molecule has 0 aromatic heterocycles. The summed E-state index contributed by atoms with van der Waals surface area (Å²) >= 11 is 0. The van der Waals surface area contributed by atoms with Crippen molar-refractivity contribution < 1.29 is 17.9 Å². The number of nitrogens with one attached hydrogen (secondary N) is 1. The quantitative estimate of drug-likeness (QED) is 0.350. The summed E-state index contributed by atoms with van der Waals surface area (Å²) in [6.45, 7) is 7.80. The Bertz CT molecular complexity index is 1280. The molecule has 0 heterocycles. The molecule has 0 spiro atoms. The second-order valence-corrected chi connectivity index (χ2v) is 11.1. The van der Waals surface area contributed by atoms with Crippen LogP contribution in [0.15, 0.2) is 84.0 Å². The second-order valence-electron chi connectivity index (χ2n) is 9.24. The number of amides is 1. The van der Waals surface area contributed by atoms with E-state index in [-0.39, 0.29) is 5.41 Å². The molecular formula is C27H31N3O4S. The lowest BCUT2D eigenvalue weighted by atomic mass is 9.86. The first kappa shape index (κ1) is 26.0. The smallest absolute Gasteiger partial charge is 0.260 e.